The van der Waals surface area contributed by atoms with E-state index in [4.69, 9.17) is 18.9 Å². The van der Waals surface area contributed by atoms with Gasteiger partial charge in [0.1, 0.15) is 13.2 Å². The molecule has 97 heavy (non-hydrogen) atoms. The Bertz CT molecular complexity index is 2020. The summed E-state index contributed by atoms with van der Waals surface area (Å²) in [5.41, 5.74) is 0. The molecular weight excluding hydrogens is 1200 g/mol. The van der Waals surface area contributed by atoms with Crippen molar-refractivity contribution < 1.29 is 42.9 Å². The average molecular weight is 1350 g/mol. The fourth-order valence-corrected chi connectivity index (χ4v) is 11.6. The molecular formula is C88H153NO8. The number of likely N-dealkylation sites (N-methyl/N-ethyl adjacent to an activating group) is 1. The fraction of sp³-hybridized carbons (Fsp3) is 0.739. The summed E-state index contributed by atoms with van der Waals surface area (Å²) in [5, 5.41) is 11.9. The lowest BCUT2D eigenvalue weighted by Crippen LogP contribution is -2.44. The van der Waals surface area contributed by atoms with Gasteiger partial charge in [0, 0.05) is 12.8 Å². The minimum Gasteiger partial charge on any atom is -0.545 e. The molecule has 0 amide bonds. The van der Waals surface area contributed by atoms with Gasteiger partial charge in [-0.2, -0.15) is 0 Å². The predicted octanol–water partition coefficient (Wildman–Crippen LogP) is 24.9. The molecule has 0 aromatic rings. The topological polar surface area (TPSA) is 111 Å². The summed E-state index contributed by atoms with van der Waals surface area (Å²) >= 11 is 0. The minimum atomic E-state index is -1.63. The van der Waals surface area contributed by atoms with Crippen molar-refractivity contribution >= 4 is 17.9 Å². The van der Waals surface area contributed by atoms with E-state index in [1.54, 1.807) is 0 Å². The van der Waals surface area contributed by atoms with Crippen LogP contribution in [0.1, 0.15) is 361 Å². The summed E-state index contributed by atoms with van der Waals surface area (Å²) in [5.74, 6) is -2.27. The molecule has 9 heteroatoms. The van der Waals surface area contributed by atoms with Crippen molar-refractivity contribution in [1.29, 1.82) is 0 Å². The Balaban J connectivity index is 3.97. The Morgan fingerprint density at radius 2 is 0.557 bits per heavy atom. The van der Waals surface area contributed by atoms with E-state index >= 15 is 0 Å². The normalized spacial score (nSPS) is 13.3. The smallest absolute Gasteiger partial charge is 0.306 e. The van der Waals surface area contributed by atoms with Gasteiger partial charge in [-0.1, -0.05) is 367 Å². The van der Waals surface area contributed by atoms with Crippen LogP contribution in [0, 0.1) is 0 Å². The highest BCUT2D eigenvalue weighted by Gasteiger charge is 2.22. The molecule has 0 aliphatic carbocycles. The SMILES string of the molecule is CC/C=C\C/C=C\C/C=C\C/C=C\C/C=C\C/C=C\CCCCCCCCCCCCCCC(=O)OC(COC(=O)CCCCCCCCCCCCCCCCCCCCCCCCCCCCCC/C=C\C/C=C\C/C=C\C/C=C\CC)COC(OCC[N+](C)(C)C)C(=O)[O-]. The monoisotopic (exact) mass is 1350 g/mol. The molecule has 0 heterocycles. The van der Waals surface area contributed by atoms with Gasteiger partial charge in [0.15, 0.2) is 12.4 Å². The first-order valence-corrected chi connectivity index (χ1v) is 40.7. The van der Waals surface area contributed by atoms with E-state index in [1.165, 1.54) is 225 Å². The van der Waals surface area contributed by atoms with E-state index in [9.17, 15) is 19.5 Å². The van der Waals surface area contributed by atoms with Gasteiger partial charge in [0.2, 0.25) is 0 Å². The lowest BCUT2D eigenvalue weighted by Gasteiger charge is -2.26. The summed E-state index contributed by atoms with van der Waals surface area (Å²) in [6.07, 6.45) is 108. The average Bonchev–Trinajstić information content (AvgIpc) is 2.39. The first-order chi connectivity index (χ1) is 47.6. The van der Waals surface area contributed by atoms with Gasteiger partial charge in [-0.05, 0) is 103 Å². The van der Waals surface area contributed by atoms with Crippen molar-refractivity contribution in [2.75, 3.05) is 47.5 Å². The van der Waals surface area contributed by atoms with Crippen molar-refractivity contribution in [3.8, 4) is 0 Å². The zero-order valence-electron chi connectivity index (χ0n) is 63.9. The Labute approximate surface area is 599 Å². The molecule has 0 fully saturated rings. The number of allylic oxidation sites excluding steroid dienone is 20. The van der Waals surface area contributed by atoms with E-state index in [1.807, 2.05) is 21.1 Å². The molecule has 0 aliphatic rings. The van der Waals surface area contributed by atoms with Crippen molar-refractivity contribution in [2.45, 2.75) is 373 Å². The van der Waals surface area contributed by atoms with Crippen LogP contribution in [0.15, 0.2) is 122 Å². The summed E-state index contributed by atoms with van der Waals surface area (Å²) in [4.78, 5) is 37.6. The maximum atomic E-state index is 13.0. The summed E-state index contributed by atoms with van der Waals surface area (Å²) < 4.78 is 22.9. The fourth-order valence-electron chi connectivity index (χ4n) is 11.6. The quantitative estimate of drug-likeness (QED) is 0.0195. The molecule has 558 valence electrons. The van der Waals surface area contributed by atoms with Crippen LogP contribution in [0.25, 0.3) is 0 Å². The number of hydrogen-bond donors (Lipinski definition) is 0. The molecule has 0 aromatic carbocycles. The number of rotatable bonds is 75. The highest BCUT2D eigenvalue weighted by Crippen LogP contribution is 2.19. The molecule has 0 aromatic heterocycles. The number of unbranched alkanes of at least 4 members (excludes halogenated alkanes) is 40. The Kier molecular flexibility index (Phi) is 74.0. The molecule has 0 radical (unpaired) electrons. The summed E-state index contributed by atoms with van der Waals surface area (Å²) in [6, 6.07) is 0. The maximum absolute atomic E-state index is 13.0. The zero-order chi connectivity index (χ0) is 70.4. The molecule has 9 nitrogen and oxygen atoms in total. The van der Waals surface area contributed by atoms with Gasteiger partial charge in [-0.25, -0.2) is 0 Å². The molecule has 0 bridgehead atoms. The van der Waals surface area contributed by atoms with Gasteiger partial charge in [0.05, 0.1) is 40.3 Å². The van der Waals surface area contributed by atoms with Crippen LogP contribution in [0.4, 0.5) is 0 Å². The number of carboxylic acid groups (broad SMARTS) is 1. The number of ether oxygens (including phenoxy) is 4. The van der Waals surface area contributed by atoms with Gasteiger partial charge >= 0.3 is 11.9 Å². The molecule has 2 unspecified atom stereocenters. The largest absolute Gasteiger partial charge is 0.545 e. The van der Waals surface area contributed by atoms with Crippen LogP contribution < -0.4 is 5.11 Å². The number of esters is 2. The van der Waals surface area contributed by atoms with Crippen LogP contribution in [0.5, 0.6) is 0 Å². The third kappa shape index (κ3) is 78.9. The van der Waals surface area contributed by atoms with Crippen molar-refractivity contribution in [3.05, 3.63) is 122 Å². The second-order valence-electron chi connectivity index (χ2n) is 28.3. The van der Waals surface area contributed by atoms with Crippen LogP contribution in [0.3, 0.4) is 0 Å². The molecule has 2 atom stereocenters. The first-order valence-electron chi connectivity index (χ1n) is 40.7. The molecule has 0 rings (SSSR count). The van der Waals surface area contributed by atoms with E-state index in [0.29, 0.717) is 23.9 Å². The number of carbonyl (C=O) groups excluding carboxylic acids is 3. The van der Waals surface area contributed by atoms with Gasteiger partial charge in [-0.15, -0.1) is 0 Å². The lowest BCUT2D eigenvalue weighted by molar-refractivity contribution is -0.870. The van der Waals surface area contributed by atoms with E-state index in [0.717, 1.165) is 103 Å². The van der Waals surface area contributed by atoms with Gasteiger partial charge in [-0.3, -0.25) is 9.59 Å². The van der Waals surface area contributed by atoms with Crippen molar-refractivity contribution in [1.82, 2.24) is 0 Å². The molecule has 0 N–H and O–H groups in total. The minimum absolute atomic E-state index is 0.145. The predicted molar refractivity (Wildman–Crippen MR) is 417 cm³/mol. The van der Waals surface area contributed by atoms with E-state index in [-0.39, 0.29) is 32.2 Å². The van der Waals surface area contributed by atoms with E-state index in [2.05, 4.69) is 135 Å². The number of hydrogen-bond acceptors (Lipinski definition) is 8. The Morgan fingerprint density at radius 1 is 0.309 bits per heavy atom. The van der Waals surface area contributed by atoms with Gasteiger partial charge < -0.3 is 33.3 Å². The molecule has 0 aliphatic heterocycles. The highest BCUT2D eigenvalue weighted by atomic mass is 16.7. The van der Waals surface area contributed by atoms with Crippen LogP contribution in [-0.2, 0) is 33.3 Å². The van der Waals surface area contributed by atoms with Crippen molar-refractivity contribution in [3.63, 3.8) is 0 Å². The number of quaternary nitrogens is 1. The standard InChI is InChI=1S/C88H153NO8/c1-6-8-10-12-14-16-18-20-22-24-26-28-30-32-34-36-38-39-40-41-42-43-44-45-46-47-49-50-52-54-56-58-60-62-64-66-68-70-72-74-76-78-85(90)95-82-84(83-96-88(87(92)93)94-81-80-89(3,4)5)97-86(91)79-77-75-73-71-69-67-65-63-61-59-57-55-53-51-48-37-35-33-31-29-27-25-23-21-19-17-15-13-11-9-7-2/h8-11,14-17,20-23,26-29,33,35,48,51,84,88H,6-7,12-13,18-19,24-25,30-32,34,36-47,49-50,52-83H2,1-5H3/b10-8-,11-9-,16-14-,17-15-,22-20-,23-21-,28-26-,29-27-,35-33-,51-48-. The van der Waals surface area contributed by atoms with Crippen LogP contribution in [0.2, 0.25) is 0 Å². The third-order valence-corrected chi connectivity index (χ3v) is 17.7. The maximum Gasteiger partial charge on any atom is 0.306 e. The van der Waals surface area contributed by atoms with Crippen LogP contribution in [-0.4, -0.2) is 82.3 Å². The number of carbonyl (C=O) groups is 3. The van der Waals surface area contributed by atoms with Crippen LogP contribution >= 0.6 is 0 Å². The second kappa shape index (κ2) is 77.4. The number of carboxylic acids is 1. The molecule has 0 spiro atoms. The third-order valence-electron chi connectivity index (χ3n) is 17.7. The Morgan fingerprint density at radius 3 is 0.825 bits per heavy atom. The number of aliphatic carboxylic acids is 1. The summed E-state index contributed by atoms with van der Waals surface area (Å²) in [7, 11) is 5.94. The highest BCUT2D eigenvalue weighted by molar-refractivity contribution is 5.70. The first kappa shape index (κ1) is 92.7. The van der Waals surface area contributed by atoms with E-state index < -0.39 is 24.3 Å². The van der Waals surface area contributed by atoms with Crippen molar-refractivity contribution in [2.24, 2.45) is 0 Å². The number of nitrogens with zero attached hydrogens (tertiary/aromatic N) is 1. The molecule has 0 saturated heterocycles. The molecule has 0 saturated carbocycles. The van der Waals surface area contributed by atoms with Gasteiger partial charge in [0.25, 0.3) is 0 Å². The summed E-state index contributed by atoms with van der Waals surface area (Å²) in [6.45, 7) is 4.56. The zero-order valence-corrected chi connectivity index (χ0v) is 63.9. The lowest BCUT2D eigenvalue weighted by atomic mass is 10.0. The second-order valence-corrected chi connectivity index (χ2v) is 28.3. The Hall–Kier alpha value is -4.31.